The number of halogens is 1. The summed E-state index contributed by atoms with van der Waals surface area (Å²) in [5, 5.41) is 10.7. The molecule has 0 spiro atoms. The number of allylic oxidation sites excluding steroid dienone is 1. The molecule has 0 bridgehead atoms. The number of hydrogen-bond acceptors (Lipinski definition) is 5. The average Bonchev–Trinajstić information content (AvgIpc) is 2.60. The van der Waals surface area contributed by atoms with E-state index in [2.05, 4.69) is 0 Å². The summed E-state index contributed by atoms with van der Waals surface area (Å²) in [6, 6.07) is 8.26. The minimum absolute atomic E-state index is 0.307. The van der Waals surface area contributed by atoms with Gasteiger partial charge in [-0.05, 0) is 35.9 Å². The number of nitro groups is 1. The molecule has 0 aromatic heterocycles. The van der Waals surface area contributed by atoms with E-state index in [1.807, 2.05) is 0 Å². The molecular formula is C17H12FNO5. The Morgan fingerprint density at radius 2 is 1.88 bits per heavy atom. The van der Waals surface area contributed by atoms with E-state index in [4.69, 9.17) is 9.47 Å². The van der Waals surface area contributed by atoms with Crippen LogP contribution in [0.25, 0.3) is 6.08 Å². The molecule has 0 saturated carbocycles. The number of nitro benzene ring substituents is 1. The van der Waals surface area contributed by atoms with Crippen LogP contribution in [-0.4, -0.2) is 23.9 Å². The van der Waals surface area contributed by atoms with Crippen LogP contribution in [0.4, 0.5) is 10.1 Å². The van der Waals surface area contributed by atoms with Gasteiger partial charge in [-0.15, -0.1) is 0 Å². The van der Waals surface area contributed by atoms with Crippen LogP contribution in [0, 0.1) is 15.9 Å². The fraction of sp³-hybridized carbons (Fsp3) is 0.118. The first-order chi connectivity index (χ1) is 11.5. The molecule has 122 valence electrons. The quantitative estimate of drug-likeness (QED) is 0.372. The Morgan fingerprint density at radius 3 is 2.62 bits per heavy atom. The van der Waals surface area contributed by atoms with Crippen LogP contribution in [0.15, 0.2) is 42.5 Å². The van der Waals surface area contributed by atoms with E-state index < -0.39 is 16.4 Å². The van der Waals surface area contributed by atoms with E-state index >= 15 is 0 Å². The summed E-state index contributed by atoms with van der Waals surface area (Å²) in [6.07, 6.45) is 2.66. The van der Waals surface area contributed by atoms with Crippen molar-refractivity contribution < 1.29 is 23.6 Å². The van der Waals surface area contributed by atoms with E-state index in [0.717, 1.165) is 12.1 Å². The molecule has 0 fully saturated rings. The maximum absolute atomic E-state index is 13.3. The number of hydrogen-bond donors (Lipinski definition) is 0. The molecule has 0 aliphatic carbocycles. The van der Waals surface area contributed by atoms with Gasteiger partial charge in [0.1, 0.15) is 13.2 Å². The number of carbonyl (C=O) groups is 1. The Balaban J connectivity index is 1.80. The SMILES string of the molecule is O=C(/C=C/c1ccc(F)c([N+](=O)[O-])c1)c1ccc2c(c1)OCCO2. The van der Waals surface area contributed by atoms with Gasteiger partial charge in [0.15, 0.2) is 17.3 Å². The normalized spacial score (nSPS) is 13.0. The van der Waals surface area contributed by atoms with Crippen molar-refractivity contribution in [3.8, 4) is 11.5 Å². The maximum Gasteiger partial charge on any atom is 0.305 e. The number of ether oxygens (including phenoxy) is 2. The third-order valence-electron chi connectivity index (χ3n) is 3.42. The van der Waals surface area contributed by atoms with E-state index in [0.29, 0.717) is 35.8 Å². The van der Waals surface area contributed by atoms with Crippen molar-refractivity contribution >= 4 is 17.5 Å². The lowest BCUT2D eigenvalue weighted by Gasteiger charge is -2.18. The molecule has 0 N–H and O–H groups in total. The van der Waals surface area contributed by atoms with Gasteiger partial charge in [-0.25, -0.2) is 0 Å². The van der Waals surface area contributed by atoms with Crippen LogP contribution in [0.3, 0.4) is 0 Å². The first-order valence-electron chi connectivity index (χ1n) is 7.10. The largest absolute Gasteiger partial charge is 0.486 e. The van der Waals surface area contributed by atoms with Gasteiger partial charge >= 0.3 is 5.69 Å². The lowest BCUT2D eigenvalue weighted by Crippen LogP contribution is -2.15. The predicted octanol–water partition coefficient (Wildman–Crippen LogP) is 3.40. The Hall–Kier alpha value is -3.22. The summed E-state index contributed by atoms with van der Waals surface area (Å²) >= 11 is 0. The van der Waals surface area contributed by atoms with Crippen molar-refractivity contribution in [3.05, 3.63) is 69.5 Å². The third kappa shape index (κ3) is 3.24. The second kappa shape index (κ2) is 6.49. The molecule has 0 atom stereocenters. The average molecular weight is 329 g/mol. The van der Waals surface area contributed by atoms with Gasteiger partial charge in [0.25, 0.3) is 0 Å². The van der Waals surface area contributed by atoms with Crippen LogP contribution in [-0.2, 0) is 0 Å². The highest BCUT2D eigenvalue weighted by atomic mass is 19.1. The summed E-state index contributed by atoms with van der Waals surface area (Å²) in [7, 11) is 0. The second-order valence-corrected chi connectivity index (χ2v) is 5.02. The highest BCUT2D eigenvalue weighted by Gasteiger charge is 2.15. The fourth-order valence-electron chi connectivity index (χ4n) is 2.24. The molecule has 3 rings (SSSR count). The number of carbonyl (C=O) groups excluding carboxylic acids is 1. The van der Waals surface area contributed by atoms with Gasteiger partial charge in [-0.3, -0.25) is 14.9 Å². The van der Waals surface area contributed by atoms with Gasteiger partial charge in [0, 0.05) is 11.6 Å². The Labute approximate surface area is 136 Å². The maximum atomic E-state index is 13.3. The first-order valence-corrected chi connectivity index (χ1v) is 7.10. The Kier molecular flexibility index (Phi) is 4.24. The summed E-state index contributed by atoms with van der Waals surface area (Å²) < 4.78 is 24.1. The zero-order valence-corrected chi connectivity index (χ0v) is 12.4. The Bertz CT molecular complexity index is 847. The van der Waals surface area contributed by atoms with Gasteiger partial charge < -0.3 is 9.47 Å². The zero-order chi connectivity index (χ0) is 17.1. The first kappa shape index (κ1) is 15.7. The monoisotopic (exact) mass is 329 g/mol. The van der Waals surface area contributed by atoms with Gasteiger partial charge in [0.05, 0.1) is 4.92 Å². The minimum atomic E-state index is -0.921. The van der Waals surface area contributed by atoms with E-state index in [1.54, 1.807) is 18.2 Å². The molecule has 2 aromatic rings. The van der Waals surface area contributed by atoms with Crippen molar-refractivity contribution in [3.63, 3.8) is 0 Å². The summed E-state index contributed by atoms with van der Waals surface area (Å²) in [6.45, 7) is 0.878. The number of benzene rings is 2. The molecule has 6 nitrogen and oxygen atoms in total. The van der Waals surface area contributed by atoms with Crippen LogP contribution in [0.2, 0.25) is 0 Å². The van der Waals surface area contributed by atoms with Gasteiger partial charge in [0.2, 0.25) is 5.82 Å². The molecule has 24 heavy (non-hydrogen) atoms. The highest BCUT2D eigenvalue weighted by molar-refractivity contribution is 6.07. The van der Waals surface area contributed by atoms with Gasteiger partial charge in [-0.1, -0.05) is 12.1 Å². The molecule has 0 unspecified atom stereocenters. The van der Waals surface area contributed by atoms with E-state index in [1.165, 1.54) is 18.2 Å². The molecular weight excluding hydrogens is 317 g/mol. The zero-order valence-electron chi connectivity index (χ0n) is 12.4. The highest BCUT2D eigenvalue weighted by Crippen LogP contribution is 2.31. The summed E-state index contributed by atoms with van der Waals surface area (Å²) in [5.41, 5.74) is 0.116. The van der Waals surface area contributed by atoms with Crippen LogP contribution >= 0.6 is 0 Å². The van der Waals surface area contributed by atoms with E-state index in [9.17, 15) is 19.3 Å². The Morgan fingerprint density at radius 1 is 1.12 bits per heavy atom. The smallest absolute Gasteiger partial charge is 0.305 e. The molecule has 0 radical (unpaired) electrons. The molecule has 2 aromatic carbocycles. The third-order valence-corrected chi connectivity index (χ3v) is 3.42. The minimum Gasteiger partial charge on any atom is -0.486 e. The van der Waals surface area contributed by atoms with Gasteiger partial charge in [-0.2, -0.15) is 4.39 Å². The van der Waals surface area contributed by atoms with Crippen molar-refractivity contribution in [1.82, 2.24) is 0 Å². The second-order valence-electron chi connectivity index (χ2n) is 5.02. The van der Waals surface area contributed by atoms with Crippen molar-refractivity contribution in [1.29, 1.82) is 0 Å². The standard InChI is InChI=1S/C17H12FNO5/c18-13-4-1-11(9-14(13)19(21)22)2-5-15(20)12-3-6-16-17(10-12)24-8-7-23-16/h1-6,9-10H,7-8H2/b5-2+. The molecule has 1 heterocycles. The molecule has 7 heteroatoms. The summed E-state index contributed by atoms with van der Waals surface area (Å²) in [4.78, 5) is 22.1. The topological polar surface area (TPSA) is 78.7 Å². The fourth-order valence-corrected chi connectivity index (χ4v) is 2.24. The van der Waals surface area contributed by atoms with Crippen molar-refractivity contribution in [2.45, 2.75) is 0 Å². The van der Waals surface area contributed by atoms with Crippen LogP contribution in [0.5, 0.6) is 11.5 Å². The predicted molar refractivity (Wildman–Crippen MR) is 83.9 cm³/mol. The number of nitrogens with zero attached hydrogens (tertiary/aromatic N) is 1. The van der Waals surface area contributed by atoms with E-state index in [-0.39, 0.29) is 5.78 Å². The molecule has 0 saturated heterocycles. The summed E-state index contributed by atoms with van der Waals surface area (Å²) in [5.74, 6) is -0.150. The van der Waals surface area contributed by atoms with Crippen molar-refractivity contribution in [2.24, 2.45) is 0 Å². The lowest BCUT2D eigenvalue weighted by molar-refractivity contribution is -0.387. The molecule has 1 aliphatic heterocycles. The van der Waals surface area contributed by atoms with Crippen LogP contribution < -0.4 is 9.47 Å². The number of ketones is 1. The number of fused-ring (bicyclic) bond motifs is 1. The molecule has 0 amide bonds. The van der Waals surface area contributed by atoms with Crippen molar-refractivity contribution in [2.75, 3.05) is 13.2 Å². The molecule has 1 aliphatic rings. The lowest BCUT2D eigenvalue weighted by atomic mass is 10.1. The van der Waals surface area contributed by atoms with Crippen LogP contribution in [0.1, 0.15) is 15.9 Å². The number of rotatable bonds is 4.